The number of nitrogens with zero attached hydrogens (tertiary/aromatic N) is 1. The number of benzene rings is 1. The quantitative estimate of drug-likeness (QED) is 0.544. The number of hydrogen-bond acceptors (Lipinski definition) is 4. The maximum atomic E-state index is 12.2. The molecule has 148 valence electrons. The van der Waals surface area contributed by atoms with Crippen LogP contribution in [-0.2, 0) is 14.6 Å². The van der Waals surface area contributed by atoms with Gasteiger partial charge in [-0.15, -0.1) is 0 Å². The van der Waals surface area contributed by atoms with E-state index in [1.165, 1.54) is 0 Å². The normalized spacial score (nSPS) is 13.0. The average molecular weight is 403 g/mol. The van der Waals surface area contributed by atoms with Crippen LogP contribution in [0.3, 0.4) is 0 Å². The Labute approximate surface area is 163 Å². The van der Waals surface area contributed by atoms with Crippen LogP contribution in [0, 0.1) is 0 Å². The van der Waals surface area contributed by atoms with E-state index < -0.39 is 21.5 Å². The maximum Gasteiger partial charge on any atom is 0.235 e. The molecule has 1 aromatic carbocycles. The van der Waals surface area contributed by atoms with Gasteiger partial charge in [0.15, 0.2) is 9.84 Å². The van der Waals surface area contributed by atoms with Crippen molar-refractivity contribution in [1.82, 2.24) is 10.2 Å². The molecule has 1 unspecified atom stereocenters. The van der Waals surface area contributed by atoms with Crippen molar-refractivity contribution < 1.29 is 13.2 Å². The van der Waals surface area contributed by atoms with Gasteiger partial charge in [-0.05, 0) is 31.1 Å². The predicted molar refractivity (Wildman–Crippen MR) is 108 cm³/mol. The molecule has 1 rings (SSSR count). The molecule has 0 saturated heterocycles. The number of carbonyl (C=O) groups is 1. The van der Waals surface area contributed by atoms with Crippen LogP contribution in [0.4, 0.5) is 0 Å². The topological polar surface area (TPSA) is 66.5 Å². The molecule has 1 aromatic rings. The van der Waals surface area contributed by atoms with Crippen LogP contribution in [0.1, 0.15) is 51.6 Å². The number of sulfone groups is 1. The third-order valence-corrected chi connectivity index (χ3v) is 6.38. The Bertz CT molecular complexity index is 661. The fraction of sp³-hybridized carbons (Fsp3) is 0.632. The molecular formula is C19H31ClN2O3S. The lowest BCUT2D eigenvalue weighted by Gasteiger charge is -2.30. The Balaban J connectivity index is 2.75. The number of likely N-dealkylation sites (N-methyl/N-ethyl adjacent to an activating group) is 1. The molecule has 0 saturated carbocycles. The maximum absolute atomic E-state index is 12.2. The molecule has 26 heavy (non-hydrogen) atoms. The highest BCUT2D eigenvalue weighted by atomic mass is 35.5. The Morgan fingerprint density at radius 3 is 2.38 bits per heavy atom. The summed E-state index contributed by atoms with van der Waals surface area (Å²) >= 11 is 6.33. The summed E-state index contributed by atoms with van der Waals surface area (Å²) in [5, 5.41) is 3.43. The summed E-state index contributed by atoms with van der Waals surface area (Å²) in [7, 11) is -3.36. The van der Waals surface area contributed by atoms with Gasteiger partial charge < -0.3 is 5.32 Å². The van der Waals surface area contributed by atoms with E-state index in [1.54, 1.807) is 0 Å². The smallest absolute Gasteiger partial charge is 0.235 e. The first-order valence-corrected chi connectivity index (χ1v) is 11.5. The fourth-order valence-electron chi connectivity index (χ4n) is 2.95. The highest BCUT2D eigenvalue weighted by molar-refractivity contribution is 7.92. The number of hydrogen-bond donors (Lipinski definition) is 1. The number of rotatable bonds is 12. The first-order valence-electron chi connectivity index (χ1n) is 9.30. The van der Waals surface area contributed by atoms with Crippen molar-refractivity contribution >= 4 is 27.3 Å². The van der Waals surface area contributed by atoms with Crippen molar-refractivity contribution in [3.8, 4) is 0 Å². The van der Waals surface area contributed by atoms with Crippen molar-refractivity contribution in [1.29, 1.82) is 0 Å². The molecule has 0 aliphatic rings. The summed E-state index contributed by atoms with van der Waals surface area (Å²) in [4.78, 5) is 14.4. The van der Waals surface area contributed by atoms with Crippen LogP contribution in [0.15, 0.2) is 24.3 Å². The number of halogens is 1. The van der Waals surface area contributed by atoms with Crippen molar-refractivity contribution in [2.24, 2.45) is 0 Å². The van der Waals surface area contributed by atoms with Crippen LogP contribution in [0.25, 0.3) is 0 Å². The standard InChI is InChI=1S/C19H31ClN2O3S/c1-4-7-10-13-26(24,25)15-19(23)21-14-18(22(5-2)6-3)16-11-8-9-12-17(16)20/h8-9,11-12,18H,4-7,10,13-15H2,1-3H3,(H,21,23). The summed E-state index contributed by atoms with van der Waals surface area (Å²) in [6.45, 7) is 8.05. The molecule has 5 nitrogen and oxygen atoms in total. The van der Waals surface area contributed by atoms with E-state index in [0.29, 0.717) is 18.0 Å². The van der Waals surface area contributed by atoms with Crippen LogP contribution < -0.4 is 5.32 Å². The summed E-state index contributed by atoms with van der Waals surface area (Å²) in [5.41, 5.74) is 0.934. The Morgan fingerprint density at radius 2 is 1.81 bits per heavy atom. The van der Waals surface area contributed by atoms with Crippen molar-refractivity contribution in [3.63, 3.8) is 0 Å². The van der Waals surface area contributed by atoms with Gasteiger partial charge in [0.1, 0.15) is 5.75 Å². The first kappa shape index (κ1) is 22.9. The first-order chi connectivity index (χ1) is 12.3. The van der Waals surface area contributed by atoms with Gasteiger partial charge in [-0.25, -0.2) is 8.42 Å². The van der Waals surface area contributed by atoms with Crippen molar-refractivity contribution in [3.05, 3.63) is 34.9 Å². The molecule has 7 heteroatoms. The monoisotopic (exact) mass is 402 g/mol. The fourth-order valence-corrected chi connectivity index (χ4v) is 4.50. The average Bonchev–Trinajstić information content (AvgIpc) is 2.59. The zero-order valence-corrected chi connectivity index (χ0v) is 17.6. The molecule has 1 atom stereocenters. The van der Waals surface area contributed by atoms with Crippen LogP contribution >= 0.6 is 11.6 Å². The molecule has 0 radical (unpaired) electrons. The lowest BCUT2D eigenvalue weighted by molar-refractivity contribution is -0.118. The van der Waals surface area contributed by atoms with Crippen LogP contribution in [-0.4, -0.2) is 50.4 Å². The van der Waals surface area contributed by atoms with Gasteiger partial charge in [0.2, 0.25) is 5.91 Å². The molecular weight excluding hydrogens is 372 g/mol. The largest absolute Gasteiger partial charge is 0.353 e. The second-order valence-electron chi connectivity index (χ2n) is 6.36. The van der Waals surface area contributed by atoms with Crippen molar-refractivity contribution in [2.75, 3.05) is 31.1 Å². The molecule has 1 N–H and O–H groups in total. The zero-order valence-electron chi connectivity index (χ0n) is 16.0. The molecule has 1 amide bonds. The Morgan fingerprint density at radius 1 is 1.15 bits per heavy atom. The minimum Gasteiger partial charge on any atom is -0.353 e. The summed E-state index contributed by atoms with van der Waals surface area (Å²) in [6, 6.07) is 7.46. The Hall–Kier alpha value is -1.11. The number of nitrogens with one attached hydrogen (secondary N) is 1. The minimum absolute atomic E-state index is 0.0677. The summed E-state index contributed by atoms with van der Waals surface area (Å²) < 4.78 is 24.1. The minimum atomic E-state index is -3.36. The second-order valence-corrected chi connectivity index (χ2v) is 8.95. The van der Waals surface area contributed by atoms with Gasteiger partial charge >= 0.3 is 0 Å². The molecule has 0 bridgehead atoms. The lowest BCUT2D eigenvalue weighted by Crippen LogP contribution is -2.40. The number of amides is 1. The molecule has 0 aliphatic carbocycles. The molecule has 0 heterocycles. The van der Waals surface area contributed by atoms with E-state index in [-0.39, 0.29) is 11.8 Å². The van der Waals surface area contributed by atoms with E-state index >= 15 is 0 Å². The van der Waals surface area contributed by atoms with Crippen LogP contribution in [0.5, 0.6) is 0 Å². The Kier molecular flexibility index (Phi) is 10.2. The molecule has 0 aliphatic heterocycles. The summed E-state index contributed by atoms with van der Waals surface area (Å²) in [6.07, 6.45) is 2.41. The zero-order chi connectivity index (χ0) is 19.6. The number of unbranched alkanes of at least 4 members (excludes halogenated alkanes) is 2. The van der Waals surface area contributed by atoms with E-state index in [0.717, 1.165) is 31.5 Å². The van der Waals surface area contributed by atoms with Gasteiger partial charge in [0, 0.05) is 11.6 Å². The van der Waals surface area contributed by atoms with Crippen molar-refractivity contribution in [2.45, 2.75) is 46.1 Å². The van der Waals surface area contributed by atoms with Gasteiger partial charge in [-0.1, -0.05) is 63.4 Å². The lowest BCUT2D eigenvalue weighted by atomic mass is 10.0. The van der Waals surface area contributed by atoms with E-state index in [2.05, 4.69) is 10.2 Å². The van der Waals surface area contributed by atoms with Gasteiger partial charge in [-0.3, -0.25) is 9.69 Å². The van der Waals surface area contributed by atoms with Gasteiger partial charge in [-0.2, -0.15) is 0 Å². The SMILES string of the molecule is CCCCCS(=O)(=O)CC(=O)NCC(c1ccccc1Cl)N(CC)CC. The second kappa shape index (κ2) is 11.6. The highest BCUT2D eigenvalue weighted by Gasteiger charge is 2.22. The van der Waals surface area contributed by atoms with Crippen LogP contribution in [0.2, 0.25) is 5.02 Å². The number of carbonyl (C=O) groups excluding carboxylic acids is 1. The highest BCUT2D eigenvalue weighted by Crippen LogP contribution is 2.26. The third kappa shape index (κ3) is 7.64. The summed E-state index contributed by atoms with van der Waals surface area (Å²) in [5.74, 6) is -0.840. The van der Waals surface area contributed by atoms with E-state index in [4.69, 9.17) is 11.6 Å². The van der Waals surface area contributed by atoms with Gasteiger partial charge in [0.05, 0.1) is 11.8 Å². The van der Waals surface area contributed by atoms with E-state index in [1.807, 2.05) is 45.0 Å². The molecule has 0 aromatic heterocycles. The molecule has 0 fully saturated rings. The van der Waals surface area contributed by atoms with Gasteiger partial charge in [0.25, 0.3) is 0 Å². The third-order valence-electron chi connectivity index (χ3n) is 4.42. The predicted octanol–water partition coefficient (Wildman–Crippen LogP) is 3.44. The van der Waals surface area contributed by atoms with E-state index in [9.17, 15) is 13.2 Å². The molecule has 0 spiro atoms.